The normalized spacial score (nSPS) is 12.9. The maximum absolute atomic E-state index is 3.69. The fourth-order valence-electron chi connectivity index (χ4n) is 5.47. The van der Waals surface area contributed by atoms with Crippen molar-refractivity contribution in [1.29, 1.82) is 0 Å². The van der Waals surface area contributed by atoms with E-state index in [1.54, 1.807) is 0 Å². The molecule has 0 aliphatic heterocycles. The predicted octanol–water partition coefficient (Wildman–Crippen LogP) is 8.64. The fourth-order valence-corrected chi connectivity index (χ4v) is 5.47. The Kier molecular flexibility index (Phi) is 4.31. The van der Waals surface area contributed by atoms with Crippen molar-refractivity contribution in [3.63, 3.8) is 0 Å². The van der Waals surface area contributed by atoms with E-state index in [0.29, 0.717) is 0 Å². The molecule has 0 atom stereocenters. The van der Waals surface area contributed by atoms with Crippen LogP contribution in [0, 0.1) is 0 Å². The summed E-state index contributed by atoms with van der Waals surface area (Å²) in [5.74, 6) is 0. The molecule has 0 amide bonds. The Balaban J connectivity index is 1.43. The van der Waals surface area contributed by atoms with Crippen LogP contribution in [0.1, 0.15) is 17.7 Å². The Hall–Kier alpha value is -4.30. The molecule has 162 valence electrons. The van der Waals surface area contributed by atoms with Gasteiger partial charge in [-0.25, -0.2) is 0 Å². The number of benzene rings is 5. The first kappa shape index (κ1) is 19.2. The molecule has 0 fully saturated rings. The van der Waals surface area contributed by atoms with E-state index in [1.165, 1.54) is 49.4 Å². The highest BCUT2D eigenvalue weighted by atomic mass is 15.0. The van der Waals surface area contributed by atoms with Gasteiger partial charge in [-0.05, 0) is 53.9 Å². The lowest BCUT2D eigenvalue weighted by Gasteiger charge is -2.15. The molecule has 1 aliphatic carbocycles. The Morgan fingerprint density at radius 3 is 2.26 bits per heavy atom. The number of allylic oxidation sites excluding steroid dienone is 1. The highest BCUT2D eigenvalue weighted by molar-refractivity contribution is 6.00. The Morgan fingerprint density at radius 1 is 0.647 bits per heavy atom. The molecule has 2 heteroatoms. The van der Waals surface area contributed by atoms with E-state index in [2.05, 4.69) is 125 Å². The maximum atomic E-state index is 3.69. The third kappa shape index (κ3) is 2.96. The Morgan fingerprint density at radius 2 is 1.38 bits per heavy atom. The van der Waals surface area contributed by atoms with Gasteiger partial charge in [0, 0.05) is 38.8 Å². The highest BCUT2D eigenvalue weighted by Crippen LogP contribution is 2.38. The van der Waals surface area contributed by atoms with Gasteiger partial charge in [-0.2, -0.15) is 0 Å². The van der Waals surface area contributed by atoms with Crippen LogP contribution in [0.4, 0.5) is 11.4 Å². The number of fused-ring (bicyclic) bond motifs is 5. The summed E-state index contributed by atoms with van der Waals surface area (Å²) in [5.41, 5.74) is 7.51. The summed E-state index contributed by atoms with van der Waals surface area (Å²) in [6.07, 6.45) is 6.75. The molecule has 1 aromatic heterocycles. The van der Waals surface area contributed by atoms with Gasteiger partial charge in [0.25, 0.3) is 0 Å². The van der Waals surface area contributed by atoms with Crippen molar-refractivity contribution >= 4 is 49.9 Å². The first-order chi connectivity index (χ1) is 16.9. The van der Waals surface area contributed by atoms with Crippen LogP contribution in [0.5, 0.6) is 0 Å². The summed E-state index contributed by atoms with van der Waals surface area (Å²) in [6.45, 7) is 0. The molecule has 5 aromatic carbocycles. The molecular formula is C32H24N2. The monoisotopic (exact) mass is 436 g/mol. The molecule has 1 aliphatic rings. The first-order valence-electron chi connectivity index (χ1n) is 11.9. The molecule has 2 nitrogen and oxygen atoms in total. The fraction of sp³-hybridized carbons (Fsp3) is 0.0625. The summed E-state index contributed by atoms with van der Waals surface area (Å²) in [7, 11) is 0. The summed E-state index contributed by atoms with van der Waals surface area (Å²) in [4.78, 5) is 0. The second-order valence-corrected chi connectivity index (χ2v) is 9.02. The average molecular weight is 437 g/mol. The lowest BCUT2D eigenvalue weighted by atomic mass is 10.0. The number of hydrogen-bond donors (Lipinski definition) is 1. The van der Waals surface area contributed by atoms with E-state index in [9.17, 15) is 0 Å². The highest BCUT2D eigenvalue weighted by Gasteiger charge is 2.20. The molecule has 1 heterocycles. The maximum Gasteiger partial charge on any atom is 0.0539 e. The molecule has 0 unspecified atom stereocenters. The Bertz CT molecular complexity index is 1730. The minimum absolute atomic E-state index is 1.05. The standard InChI is InChI=1S/C32H24N2/c1-3-13-25-22(9-1)11-7-16-29(25)33-24-19-20-32-28(21-24)27-15-5-6-17-31(27)34(32)30-18-8-12-23-10-2-4-14-26(23)30/h1-5,7-16,18-21,33H,6,17H2. The van der Waals surface area contributed by atoms with Crippen LogP contribution in [-0.2, 0) is 6.42 Å². The van der Waals surface area contributed by atoms with Crippen LogP contribution in [-0.4, -0.2) is 4.57 Å². The number of aromatic nitrogens is 1. The minimum atomic E-state index is 1.05. The SMILES string of the molecule is C1=Cc2c(n(-c3cccc4ccccc34)c3ccc(Nc4cccc5ccccc45)cc23)CC1. The summed E-state index contributed by atoms with van der Waals surface area (Å²) >= 11 is 0. The van der Waals surface area contributed by atoms with Crippen LogP contribution in [0.3, 0.4) is 0 Å². The lowest BCUT2D eigenvalue weighted by molar-refractivity contribution is 0.892. The number of nitrogens with zero attached hydrogens (tertiary/aromatic N) is 1. The van der Waals surface area contributed by atoms with Gasteiger partial charge in [0.05, 0.1) is 11.2 Å². The smallest absolute Gasteiger partial charge is 0.0539 e. The van der Waals surface area contributed by atoms with Crippen molar-refractivity contribution in [3.05, 3.63) is 120 Å². The van der Waals surface area contributed by atoms with Crippen molar-refractivity contribution in [2.45, 2.75) is 12.8 Å². The second-order valence-electron chi connectivity index (χ2n) is 9.02. The van der Waals surface area contributed by atoms with Gasteiger partial charge in [-0.1, -0.05) is 84.9 Å². The van der Waals surface area contributed by atoms with Gasteiger partial charge in [-0.15, -0.1) is 0 Å². The zero-order chi connectivity index (χ0) is 22.5. The van der Waals surface area contributed by atoms with E-state index in [4.69, 9.17) is 0 Å². The molecule has 1 N–H and O–H groups in total. The quantitative estimate of drug-likeness (QED) is 0.294. The van der Waals surface area contributed by atoms with Crippen molar-refractivity contribution in [2.75, 3.05) is 5.32 Å². The molecule has 0 saturated heterocycles. The van der Waals surface area contributed by atoms with Gasteiger partial charge < -0.3 is 9.88 Å². The van der Waals surface area contributed by atoms with Gasteiger partial charge in [0.2, 0.25) is 0 Å². The molecule has 34 heavy (non-hydrogen) atoms. The molecule has 0 saturated carbocycles. The third-order valence-electron chi connectivity index (χ3n) is 7.02. The summed E-state index contributed by atoms with van der Waals surface area (Å²) in [5, 5.41) is 10.0. The van der Waals surface area contributed by atoms with E-state index in [1.807, 2.05) is 0 Å². The molecule has 0 spiro atoms. The van der Waals surface area contributed by atoms with E-state index in [0.717, 1.165) is 24.2 Å². The molecular weight excluding hydrogens is 412 g/mol. The zero-order valence-corrected chi connectivity index (χ0v) is 18.8. The van der Waals surface area contributed by atoms with Gasteiger partial charge >= 0.3 is 0 Å². The number of hydrogen-bond acceptors (Lipinski definition) is 1. The molecule has 6 aromatic rings. The van der Waals surface area contributed by atoms with E-state index >= 15 is 0 Å². The van der Waals surface area contributed by atoms with Gasteiger partial charge in [-0.3, -0.25) is 0 Å². The van der Waals surface area contributed by atoms with Crippen molar-refractivity contribution in [2.24, 2.45) is 0 Å². The molecule has 0 bridgehead atoms. The Labute approximate surface area is 198 Å². The van der Waals surface area contributed by atoms with Gasteiger partial charge in [0.1, 0.15) is 0 Å². The number of nitrogens with one attached hydrogen (secondary N) is 1. The van der Waals surface area contributed by atoms with Crippen LogP contribution in [0.2, 0.25) is 0 Å². The molecule has 0 radical (unpaired) electrons. The summed E-state index contributed by atoms with van der Waals surface area (Å²) < 4.78 is 2.48. The van der Waals surface area contributed by atoms with Crippen molar-refractivity contribution < 1.29 is 0 Å². The van der Waals surface area contributed by atoms with Crippen LogP contribution < -0.4 is 5.32 Å². The molecule has 7 rings (SSSR count). The average Bonchev–Trinajstić information content (AvgIpc) is 3.22. The van der Waals surface area contributed by atoms with Crippen molar-refractivity contribution in [1.82, 2.24) is 4.57 Å². The number of rotatable bonds is 3. The largest absolute Gasteiger partial charge is 0.355 e. The van der Waals surface area contributed by atoms with Gasteiger partial charge in [0.15, 0.2) is 0 Å². The lowest BCUT2D eigenvalue weighted by Crippen LogP contribution is -2.03. The topological polar surface area (TPSA) is 17.0 Å². The van der Waals surface area contributed by atoms with Crippen LogP contribution >= 0.6 is 0 Å². The number of anilines is 2. The first-order valence-corrected chi connectivity index (χ1v) is 11.9. The third-order valence-corrected chi connectivity index (χ3v) is 7.02. The predicted molar refractivity (Wildman–Crippen MR) is 145 cm³/mol. The summed E-state index contributed by atoms with van der Waals surface area (Å²) in [6, 6.07) is 37.1. The van der Waals surface area contributed by atoms with E-state index in [-0.39, 0.29) is 0 Å². The van der Waals surface area contributed by atoms with Crippen LogP contribution in [0.25, 0.3) is 44.2 Å². The second kappa shape index (κ2) is 7.64. The minimum Gasteiger partial charge on any atom is -0.355 e. The zero-order valence-electron chi connectivity index (χ0n) is 18.8. The van der Waals surface area contributed by atoms with E-state index < -0.39 is 0 Å². The van der Waals surface area contributed by atoms with Crippen molar-refractivity contribution in [3.8, 4) is 5.69 Å². The van der Waals surface area contributed by atoms with Crippen LogP contribution in [0.15, 0.2) is 109 Å².